The van der Waals surface area contributed by atoms with Crippen molar-refractivity contribution in [3.8, 4) is 0 Å². The second-order valence-corrected chi connectivity index (χ2v) is 3.51. The maximum atomic E-state index is 5.81. The van der Waals surface area contributed by atoms with Crippen LogP contribution in [0.4, 0.5) is 5.69 Å². The zero-order valence-corrected chi connectivity index (χ0v) is 8.13. The van der Waals surface area contributed by atoms with Gasteiger partial charge in [-0.15, -0.1) is 0 Å². The summed E-state index contributed by atoms with van der Waals surface area (Å²) < 4.78 is 5.28. The quantitative estimate of drug-likeness (QED) is 0.684. The highest BCUT2D eigenvalue weighted by Gasteiger charge is 2.10. The van der Waals surface area contributed by atoms with E-state index in [2.05, 4.69) is 4.90 Å². The molecule has 1 aromatic carbocycles. The Morgan fingerprint density at radius 2 is 1.69 bits per heavy atom. The number of halogens is 1. The third-order valence-corrected chi connectivity index (χ3v) is 2.45. The van der Waals surface area contributed by atoms with Gasteiger partial charge in [-0.05, 0) is 24.3 Å². The maximum absolute atomic E-state index is 5.81. The first-order valence-corrected chi connectivity index (χ1v) is 4.82. The van der Waals surface area contributed by atoms with Crippen LogP contribution in [0.1, 0.15) is 0 Å². The van der Waals surface area contributed by atoms with Gasteiger partial charge in [0.2, 0.25) is 0 Å². The van der Waals surface area contributed by atoms with Gasteiger partial charge in [0.15, 0.2) is 0 Å². The zero-order chi connectivity index (χ0) is 9.10. The number of hydrogen-bond acceptors (Lipinski definition) is 2. The fraction of sp³-hybridized carbons (Fsp3) is 0.400. The fourth-order valence-electron chi connectivity index (χ4n) is 1.47. The summed E-state index contributed by atoms with van der Waals surface area (Å²) in [6.45, 7) is 3.59. The molecule has 1 aromatic rings. The summed E-state index contributed by atoms with van der Waals surface area (Å²) in [5.74, 6) is 0. The monoisotopic (exact) mass is 197 g/mol. The molecule has 0 atom stereocenters. The number of nitrogens with zero attached hydrogens (tertiary/aromatic N) is 1. The van der Waals surface area contributed by atoms with Crippen LogP contribution < -0.4 is 4.90 Å². The van der Waals surface area contributed by atoms with E-state index in [1.807, 2.05) is 24.3 Å². The van der Waals surface area contributed by atoms with Gasteiger partial charge < -0.3 is 9.64 Å². The minimum absolute atomic E-state index is 0.789. The molecule has 0 radical (unpaired) electrons. The maximum Gasteiger partial charge on any atom is 0.0642 e. The van der Waals surface area contributed by atoms with Gasteiger partial charge in [-0.3, -0.25) is 0 Å². The highest BCUT2D eigenvalue weighted by Crippen LogP contribution is 2.18. The van der Waals surface area contributed by atoms with Crippen LogP contribution in [0.5, 0.6) is 0 Å². The van der Waals surface area contributed by atoms with Crippen molar-refractivity contribution < 1.29 is 4.74 Å². The second kappa shape index (κ2) is 3.99. The van der Waals surface area contributed by atoms with Crippen molar-refractivity contribution in [1.82, 2.24) is 0 Å². The van der Waals surface area contributed by atoms with E-state index in [4.69, 9.17) is 16.3 Å². The number of benzene rings is 1. The average Bonchev–Trinajstić information content (AvgIpc) is 2.20. The molecule has 1 heterocycles. The van der Waals surface area contributed by atoms with Gasteiger partial charge in [-0.25, -0.2) is 0 Å². The summed E-state index contributed by atoms with van der Waals surface area (Å²) >= 11 is 5.81. The Bertz CT molecular complexity index is 267. The van der Waals surface area contributed by atoms with Crippen LogP contribution in [0.25, 0.3) is 0 Å². The molecule has 70 valence electrons. The third kappa shape index (κ3) is 2.14. The van der Waals surface area contributed by atoms with Gasteiger partial charge >= 0.3 is 0 Å². The normalized spacial score (nSPS) is 17.5. The molecule has 0 saturated carbocycles. The van der Waals surface area contributed by atoms with E-state index < -0.39 is 0 Å². The first-order valence-electron chi connectivity index (χ1n) is 4.44. The van der Waals surface area contributed by atoms with Crippen molar-refractivity contribution >= 4 is 17.3 Å². The Kier molecular flexibility index (Phi) is 2.71. The summed E-state index contributed by atoms with van der Waals surface area (Å²) in [5.41, 5.74) is 1.23. The molecule has 2 nitrogen and oxygen atoms in total. The standard InChI is InChI=1S/C10H12ClNO/c11-9-1-3-10(4-2-9)12-5-7-13-8-6-12/h1-4H,5-8H2. The molecule has 0 N–H and O–H groups in total. The molecule has 0 aromatic heterocycles. The van der Waals surface area contributed by atoms with Crippen LogP contribution in [-0.2, 0) is 4.74 Å². The Hall–Kier alpha value is -0.730. The first kappa shape index (κ1) is 8.85. The van der Waals surface area contributed by atoms with E-state index in [9.17, 15) is 0 Å². The lowest BCUT2D eigenvalue weighted by molar-refractivity contribution is 0.122. The van der Waals surface area contributed by atoms with Crippen molar-refractivity contribution in [2.24, 2.45) is 0 Å². The van der Waals surface area contributed by atoms with E-state index in [0.29, 0.717) is 0 Å². The highest BCUT2D eigenvalue weighted by molar-refractivity contribution is 6.30. The van der Waals surface area contributed by atoms with Crippen LogP contribution in [0.15, 0.2) is 24.3 Å². The van der Waals surface area contributed by atoms with Crippen molar-refractivity contribution in [3.05, 3.63) is 29.3 Å². The smallest absolute Gasteiger partial charge is 0.0642 e. The molecule has 3 heteroatoms. The molecular formula is C10H12ClNO. The van der Waals surface area contributed by atoms with E-state index in [-0.39, 0.29) is 0 Å². The minimum Gasteiger partial charge on any atom is -0.378 e. The average molecular weight is 198 g/mol. The predicted molar refractivity (Wildman–Crippen MR) is 54.5 cm³/mol. The molecule has 1 saturated heterocycles. The summed E-state index contributed by atoms with van der Waals surface area (Å²) in [4.78, 5) is 2.31. The molecule has 13 heavy (non-hydrogen) atoms. The Balaban J connectivity index is 2.10. The zero-order valence-electron chi connectivity index (χ0n) is 7.37. The highest BCUT2D eigenvalue weighted by atomic mass is 35.5. The van der Waals surface area contributed by atoms with Crippen molar-refractivity contribution in [3.63, 3.8) is 0 Å². The number of rotatable bonds is 1. The van der Waals surface area contributed by atoms with Crippen molar-refractivity contribution in [2.45, 2.75) is 0 Å². The molecule has 1 aliphatic heterocycles. The topological polar surface area (TPSA) is 12.5 Å². The minimum atomic E-state index is 0.789. The van der Waals surface area contributed by atoms with E-state index >= 15 is 0 Å². The molecule has 0 aliphatic carbocycles. The summed E-state index contributed by atoms with van der Waals surface area (Å²) in [6.07, 6.45) is 0. The lowest BCUT2D eigenvalue weighted by atomic mass is 10.2. The number of anilines is 1. The van der Waals surface area contributed by atoms with Crippen LogP contribution in [0.2, 0.25) is 5.02 Å². The van der Waals surface area contributed by atoms with Crippen LogP contribution in [0.3, 0.4) is 0 Å². The van der Waals surface area contributed by atoms with E-state index in [0.717, 1.165) is 31.3 Å². The Morgan fingerprint density at radius 1 is 1.08 bits per heavy atom. The largest absolute Gasteiger partial charge is 0.378 e. The van der Waals surface area contributed by atoms with Gasteiger partial charge in [-0.2, -0.15) is 0 Å². The predicted octanol–water partition coefficient (Wildman–Crippen LogP) is 2.18. The lowest BCUT2D eigenvalue weighted by Crippen LogP contribution is -2.36. The van der Waals surface area contributed by atoms with Gasteiger partial charge in [0.05, 0.1) is 13.2 Å². The first-order chi connectivity index (χ1) is 6.36. The molecule has 1 aliphatic rings. The van der Waals surface area contributed by atoms with Crippen LogP contribution in [-0.4, -0.2) is 26.3 Å². The molecule has 1 fully saturated rings. The SMILES string of the molecule is Clc1ccc(N2CCOCC2)cc1. The Morgan fingerprint density at radius 3 is 2.31 bits per heavy atom. The molecule has 0 unspecified atom stereocenters. The molecule has 2 rings (SSSR count). The van der Waals surface area contributed by atoms with Gasteiger partial charge in [0, 0.05) is 23.8 Å². The van der Waals surface area contributed by atoms with Crippen molar-refractivity contribution in [1.29, 1.82) is 0 Å². The molecule has 0 bridgehead atoms. The van der Waals surface area contributed by atoms with E-state index in [1.54, 1.807) is 0 Å². The van der Waals surface area contributed by atoms with Gasteiger partial charge in [0.1, 0.15) is 0 Å². The van der Waals surface area contributed by atoms with Crippen LogP contribution in [0, 0.1) is 0 Å². The lowest BCUT2D eigenvalue weighted by Gasteiger charge is -2.28. The second-order valence-electron chi connectivity index (χ2n) is 3.08. The van der Waals surface area contributed by atoms with Crippen molar-refractivity contribution in [2.75, 3.05) is 31.2 Å². The number of ether oxygens (including phenoxy) is 1. The third-order valence-electron chi connectivity index (χ3n) is 2.20. The van der Waals surface area contributed by atoms with Crippen LogP contribution >= 0.6 is 11.6 Å². The Labute approximate surface area is 83.1 Å². The number of morpholine rings is 1. The summed E-state index contributed by atoms with van der Waals surface area (Å²) in [6, 6.07) is 7.94. The summed E-state index contributed by atoms with van der Waals surface area (Å²) in [7, 11) is 0. The van der Waals surface area contributed by atoms with E-state index in [1.165, 1.54) is 5.69 Å². The summed E-state index contributed by atoms with van der Waals surface area (Å²) in [5, 5.41) is 0.789. The fourth-order valence-corrected chi connectivity index (χ4v) is 1.60. The number of hydrogen-bond donors (Lipinski definition) is 0. The van der Waals surface area contributed by atoms with Gasteiger partial charge in [-0.1, -0.05) is 11.6 Å². The molecule has 0 spiro atoms. The molecular weight excluding hydrogens is 186 g/mol. The molecule has 0 amide bonds. The van der Waals surface area contributed by atoms with Gasteiger partial charge in [0.25, 0.3) is 0 Å².